The number of hydrogen-bond acceptors (Lipinski definition) is 2. The van der Waals surface area contributed by atoms with Gasteiger partial charge in [-0.2, -0.15) is 11.3 Å². The van der Waals surface area contributed by atoms with Crippen molar-refractivity contribution in [3.8, 4) is 0 Å². The summed E-state index contributed by atoms with van der Waals surface area (Å²) in [6, 6.07) is 4.08. The van der Waals surface area contributed by atoms with E-state index in [1.54, 1.807) is 0 Å². The molecule has 0 amide bonds. The monoisotopic (exact) mass is 316 g/mol. The third-order valence-corrected chi connectivity index (χ3v) is 3.79. The van der Waals surface area contributed by atoms with Crippen molar-refractivity contribution in [1.82, 2.24) is 0 Å². The van der Waals surface area contributed by atoms with Gasteiger partial charge in [0, 0.05) is 12.0 Å². The summed E-state index contributed by atoms with van der Waals surface area (Å²) in [4.78, 5) is 11.9. The average Bonchev–Trinajstić information content (AvgIpc) is 2.78. The van der Waals surface area contributed by atoms with Crippen LogP contribution in [0, 0.1) is 11.6 Å². The molecule has 0 aliphatic rings. The minimum absolute atomic E-state index is 0.113. The molecule has 0 atom stereocenters. The predicted molar refractivity (Wildman–Crippen MR) is 66.4 cm³/mol. The van der Waals surface area contributed by atoms with Crippen molar-refractivity contribution < 1.29 is 13.6 Å². The molecule has 2 rings (SSSR count). The van der Waals surface area contributed by atoms with Gasteiger partial charge in [0.15, 0.2) is 17.4 Å². The number of carbonyl (C=O) groups excluding carboxylic acids is 1. The normalized spacial score (nSPS) is 10.5. The number of thiophene rings is 1. The molecule has 0 fully saturated rings. The maximum absolute atomic E-state index is 13.3. The number of ketones is 1. The first-order chi connectivity index (χ1) is 8.09. The van der Waals surface area contributed by atoms with Gasteiger partial charge in [0.2, 0.25) is 0 Å². The van der Waals surface area contributed by atoms with Gasteiger partial charge in [-0.05, 0) is 50.5 Å². The zero-order valence-electron chi connectivity index (χ0n) is 8.54. The number of benzene rings is 1. The summed E-state index contributed by atoms with van der Waals surface area (Å²) in [7, 11) is 0. The van der Waals surface area contributed by atoms with Gasteiger partial charge in [-0.25, -0.2) is 8.78 Å². The first-order valence-electron chi connectivity index (χ1n) is 4.77. The fourth-order valence-corrected chi connectivity index (χ4v) is 2.63. The van der Waals surface area contributed by atoms with Gasteiger partial charge >= 0.3 is 0 Å². The maximum atomic E-state index is 13.3. The number of carbonyl (C=O) groups is 1. The average molecular weight is 317 g/mol. The molecule has 1 nitrogen and oxygen atoms in total. The molecule has 0 radical (unpaired) electrons. The van der Waals surface area contributed by atoms with Gasteiger partial charge in [0.1, 0.15) is 0 Å². The molecule has 0 bridgehead atoms. The van der Waals surface area contributed by atoms with Crippen LogP contribution in [-0.2, 0) is 6.42 Å². The van der Waals surface area contributed by atoms with Crippen molar-refractivity contribution >= 4 is 33.0 Å². The van der Waals surface area contributed by atoms with E-state index in [-0.39, 0.29) is 22.2 Å². The summed E-state index contributed by atoms with van der Waals surface area (Å²) in [6.07, 6.45) is 0.188. The maximum Gasteiger partial charge on any atom is 0.173 e. The van der Waals surface area contributed by atoms with E-state index in [0.717, 1.165) is 11.6 Å². The van der Waals surface area contributed by atoms with Crippen LogP contribution in [0.5, 0.6) is 0 Å². The second kappa shape index (κ2) is 5.06. The largest absolute Gasteiger partial charge is 0.294 e. The topological polar surface area (TPSA) is 17.1 Å². The minimum Gasteiger partial charge on any atom is -0.294 e. The Labute approximate surface area is 109 Å². The van der Waals surface area contributed by atoms with Crippen LogP contribution in [-0.4, -0.2) is 5.78 Å². The molecule has 1 heterocycles. The van der Waals surface area contributed by atoms with Gasteiger partial charge in [-0.3, -0.25) is 4.79 Å². The molecule has 1 aromatic heterocycles. The highest BCUT2D eigenvalue weighted by molar-refractivity contribution is 9.10. The van der Waals surface area contributed by atoms with Crippen molar-refractivity contribution in [3.05, 3.63) is 56.2 Å². The predicted octanol–water partition coefficient (Wildman–Crippen LogP) is 4.21. The molecule has 5 heteroatoms. The van der Waals surface area contributed by atoms with E-state index in [2.05, 4.69) is 15.9 Å². The Hall–Kier alpha value is -1.07. The van der Waals surface area contributed by atoms with Crippen LogP contribution in [0.15, 0.2) is 33.4 Å². The summed E-state index contributed by atoms with van der Waals surface area (Å²) >= 11 is 4.39. The number of Topliss-reactive ketones (excluding diaryl/α,β-unsaturated/α-hetero) is 1. The molecule has 0 unspecified atom stereocenters. The van der Waals surface area contributed by atoms with Crippen molar-refractivity contribution in [2.24, 2.45) is 0 Å². The van der Waals surface area contributed by atoms with E-state index < -0.39 is 11.6 Å². The highest BCUT2D eigenvalue weighted by atomic mass is 79.9. The Bertz CT molecular complexity index is 552. The first kappa shape index (κ1) is 12.4. The van der Waals surface area contributed by atoms with Crippen LogP contribution in [0.25, 0.3) is 0 Å². The summed E-state index contributed by atoms with van der Waals surface area (Å²) in [5.74, 6) is -2.24. The van der Waals surface area contributed by atoms with Crippen LogP contribution < -0.4 is 0 Å². The van der Waals surface area contributed by atoms with Crippen molar-refractivity contribution in [3.63, 3.8) is 0 Å². The van der Waals surface area contributed by atoms with E-state index in [1.807, 2.05) is 16.8 Å². The molecule has 0 spiro atoms. The lowest BCUT2D eigenvalue weighted by atomic mass is 10.1. The van der Waals surface area contributed by atoms with Crippen LogP contribution >= 0.6 is 27.3 Å². The fraction of sp³-hybridized carbons (Fsp3) is 0.0833. The fourth-order valence-electron chi connectivity index (χ4n) is 1.42. The van der Waals surface area contributed by atoms with Crippen LogP contribution in [0.2, 0.25) is 0 Å². The lowest BCUT2D eigenvalue weighted by Crippen LogP contribution is -2.05. The third kappa shape index (κ3) is 2.61. The summed E-state index contributed by atoms with van der Waals surface area (Å²) < 4.78 is 26.0. The lowest BCUT2D eigenvalue weighted by Gasteiger charge is -2.04. The SMILES string of the molecule is O=C(Cc1ccsc1)c1ccc(F)c(F)c1Br. The van der Waals surface area contributed by atoms with Crippen molar-refractivity contribution in [1.29, 1.82) is 0 Å². The summed E-state index contributed by atoms with van der Waals surface area (Å²) in [5, 5.41) is 3.72. The molecule has 88 valence electrons. The lowest BCUT2D eigenvalue weighted by molar-refractivity contribution is 0.0991. The molecule has 17 heavy (non-hydrogen) atoms. The molecular formula is C12H7BrF2OS. The molecule has 0 saturated carbocycles. The molecule has 0 aliphatic carbocycles. The molecule has 1 aromatic carbocycles. The van der Waals surface area contributed by atoms with Gasteiger partial charge in [-0.1, -0.05) is 0 Å². The minimum atomic E-state index is -1.03. The molecule has 0 N–H and O–H groups in total. The van der Waals surface area contributed by atoms with Gasteiger partial charge < -0.3 is 0 Å². The highest BCUT2D eigenvalue weighted by Crippen LogP contribution is 2.24. The van der Waals surface area contributed by atoms with Gasteiger partial charge in [-0.15, -0.1) is 0 Å². The van der Waals surface area contributed by atoms with Crippen LogP contribution in [0.4, 0.5) is 8.78 Å². The van der Waals surface area contributed by atoms with Crippen LogP contribution in [0.3, 0.4) is 0 Å². The number of hydrogen-bond donors (Lipinski definition) is 0. The van der Waals surface area contributed by atoms with Gasteiger partial charge in [0.25, 0.3) is 0 Å². The quantitative estimate of drug-likeness (QED) is 0.612. The summed E-state index contributed by atoms with van der Waals surface area (Å²) in [6.45, 7) is 0. The Morgan fingerprint density at radius 2 is 2.06 bits per heavy atom. The Balaban J connectivity index is 2.29. The van der Waals surface area contributed by atoms with Crippen LogP contribution in [0.1, 0.15) is 15.9 Å². The molecule has 0 aliphatic heterocycles. The zero-order chi connectivity index (χ0) is 12.4. The van der Waals surface area contributed by atoms with E-state index in [1.165, 1.54) is 17.4 Å². The zero-order valence-corrected chi connectivity index (χ0v) is 10.9. The van der Waals surface area contributed by atoms with E-state index >= 15 is 0 Å². The molecular weight excluding hydrogens is 310 g/mol. The van der Waals surface area contributed by atoms with E-state index in [9.17, 15) is 13.6 Å². The Morgan fingerprint density at radius 3 is 2.71 bits per heavy atom. The van der Waals surface area contributed by atoms with E-state index in [4.69, 9.17) is 0 Å². The highest BCUT2D eigenvalue weighted by Gasteiger charge is 2.16. The Kier molecular flexibility index (Phi) is 3.69. The van der Waals surface area contributed by atoms with Crippen molar-refractivity contribution in [2.45, 2.75) is 6.42 Å². The Morgan fingerprint density at radius 1 is 1.29 bits per heavy atom. The standard InChI is InChI=1S/C12H7BrF2OS/c13-11-8(1-2-9(14)12(11)15)10(16)5-7-3-4-17-6-7/h1-4,6H,5H2. The van der Waals surface area contributed by atoms with Gasteiger partial charge in [0.05, 0.1) is 4.47 Å². The second-order valence-corrected chi connectivity index (χ2v) is 5.03. The third-order valence-electron chi connectivity index (χ3n) is 2.28. The smallest absolute Gasteiger partial charge is 0.173 e. The second-order valence-electron chi connectivity index (χ2n) is 3.45. The van der Waals surface area contributed by atoms with Crippen molar-refractivity contribution in [2.75, 3.05) is 0 Å². The number of halogens is 3. The van der Waals surface area contributed by atoms with E-state index in [0.29, 0.717) is 0 Å². The molecule has 2 aromatic rings. The summed E-state index contributed by atoms with van der Waals surface area (Å²) in [5.41, 5.74) is 1.03. The molecule has 0 saturated heterocycles. The number of rotatable bonds is 3. The first-order valence-corrected chi connectivity index (χ1v) is 6.51.